The van der Waals surface area contributed by atoms with E-state index in [0.717, 1.165) is 0 Å². The Labute approximate surface area is 376 Å². The Balaban J connectivity index is 0.000000706. The van der Waals surface area contributed by atoms with Crippen molar-refractivity contribution >= 4 is 90.3 Å². The van der Waals surface area contributed by atoms with Crippen molar-refractivity contribution in [1.29, 1.82) is 0 Å². The maximum absolute atomic E-state index is 10.4. The van der Waals surface area contributed by atoms with Gasteiger partial charge in [-0.15, -0.1) is 0 Å². The van der Waals surface area contributed by atoms with Crippen LogP contribution in [0, 0.1) is 0 Å². The molecular weight excluding hydrogens is 936 g/mol. The van der Waals surface area contributed by atoms with Gasteiger partial charge in [-0.25, -0.2) is 0 Å². The molecule has 325 valence electrons. The van der Waals surface area contributed by atoms with E-state index >= 15 is 0 Å². The van der Waals surface area contributed by atoms with Gasteiger partial charge in [0.1, 0.15) is 0 Å². The largest absolute Gasteiger partial charge is 0.294 e. The molecule has 0 fully saturated rings. The summed E-state index contributed by atoms with van der Waals surface area (Å²) in [6.07, 6.45) is 0. The van der Waals surface area contributed by atoms with E-state index < -0.39 is 60.7 Å². The summed E-state index contributed by atoms with van der Waals surface area (Å²) in [6, 6.07) is 44.5. The third kappa shape index (κ3) is 25.3. The van der Waals surface area contributed by atoms with E-state index in [1.807, 2.05) is 0 Å². The summed E-state index contributed by atoms with van der Waals surface area (Å²) in [5, 5.41) is 0. The number of rotatable bonds is 6. The van der Waals surface area contributed by atoms with Crippen LogP contribution in [0.3, 0.4) is 0 Å². The van der Waals surface area contributed by atoms with Crippen molar-refractivity contribution in [3.05, 3.63) is 182 Å². The summed E-state index contributed by atoms with van der Waals surface area (Å²) in [5.74, 6) is 0. The van der Waals surface area contributed by atoms with Gasteiger partial charge in [0.15, 0.2) is 0 Å². The average molecular weight is 972 g/mol. The van der Waals surface area contributed by atoms with Gasteiger partial charge in [0, 0.05) is 29.6 Å². The van der Waals surface area contributed by atoms with Crippen LogP contribution in [0.4, 0.5) is 0 Å². The van der Waals surface area contributed by atoms with Gasteiger partial charge in [-0.3, -0.25) is 27.3 Å². The molecule has 0 spiro atoms. The maximum Gasteiger partial charge on any atom is 0.294 e. The van der Waals surface area contributed by atoms with E-state index in [-0.39, 0.29) is 58.9 Å². The molecule has 0 aliphatic carbocycles. The van der Waals surface area contributed by atoms with Gasteiger partial charge in [-0.2, -0.15) is 50.5 Å². The minimum absolute atomic E-state index is 0. The van der Waals surface area contributed by atoms with Crippen molar-refractivity contribution in [2.75, 3.05) is 0 Å². The number of benzene rings is 6. The third-order valence-corrected chi connectivity index (χ3v) is 11.5. The van der Waals surface area contributed by atoms with Crippen molar-refractivity contribution < 1.29 is 77.8 Å². The fourth-order valence-corrected chi connectivity index (χ4v) is 6.56. The van der Waals surface area contributed by atoms with Crippen LogP contribution in [-0.2, 0) is 60.7 Å². The van der Waals surface area contributed by atoms with Crippen LogP contribution in [0.25, 0.3) is 0 Å². The minimum atomic E-state index is -4.00. The minimum Gasteiger partial charge on any atom is -0.282 e. The summed E-state index contributed by atoms with van der Waals surface area (Å²) in [5.41, 5.74) is 0. The van der Waals surface area contributed by atoms with Gasteiger partial charge in [0.25, 0.3) is 60.7 Å². The second-order valence-electron chi connectivity index (χ2n) is 10.7. The second-order valence-corrected chi connectivity index (χ2v) is 19.3. The zero-order valence-electron chi connectivity index (χ0n) is 31.4. The van der Waals surface area contributed by atoms with Crippen molar-refractivity contribution in [1.82, 2.24) is 0 Å². The summed E-state index contributed by atoms with van der Waals surface area (Å²) < 4.78 is 175. The molecule has 0 aliphatic rings. The third-order valence-electron chi connectivity index (χ3n) is 6.25. The van der Waals surface area contributed by atoms with Crippen molar-refractivity contribution in [3.63, 3.8) is 0 Å². The maximum atomic E-state index is 10.4. The van der Waals surface area contributed by atoms with E-state index in [1.165, 1.54) is 72.8 Å². The van der Waals surface area contributed by atoms with Gasteiger partial charge in [0.05, 0.1) is 29.4 Å². The monoisotopic (exact) mass is 971 g/mol. The predicted molar refractivity (Wildman–Crippen MR) is 223 cm³/mol. The Bertz CT molecular complexity index is 2340. The normalized spacial score (nSPS) is 11.1. The van der Waals surface area contributed by atoms with Gasteiger partial charge in [0.2, 0.25) is 0 Å². The fraction of sp³-hybridized carbons (Fsp3) is 0. The molecule has 0 heterocycles. The first-order valence-electron chi connectivity index (χ1n) is 15.8. The van der Waals surface area contributed by atoms with E-state index in [1.54, 1.807) is 109 Å². The van der Waals surface area contributed by atoms with E-state index in [4.69, 9.17) is 27.3 Å². The van der Waals surface area contributed by atoms with Gasteiger partial charge in [-0.05, 0) is 72.8 Å². The Morgan fingerprint density at radius 2 is 0.279 bits per heavy atom. The quantitative estimate of drug-likeness (QED) is 0.0920. The Hall–Kier alpha value is -4.22. The van der Waals surface area contributed by atoms with Crippen LogP contribution >= 0.6 is 0 Å². The predicted octanol–water partition coefficient (Wildman–Crippen LogP) is 5.22. The molecule has 0 saturated heterocycles. The number of hydrogen-bond acceptors (Lipinski definition) is 12. The summed E-state index contributed by atoms with van der Waals surface area (Å²) in [4.78, 5) is -0.444. The molecule has 0 bridgehead atoms. The molecule has 25 heteroatoms. The first kappa shape index (κ1) is 56.8. The van der Waals surface area contributed by atoms with Crippen LogP contribution in [0.5, 0.6) is 0 Å². The molecule has 0 aromatic heterocycles. The summed E-state index contributed by atoms with van der Waals surface area (Å²) >= 11 is 0. The van der Waals surface area contributed by atoms with Crippen LogP contribution < -0.4 is 0 Å². The Morgan fingerprint density at radius 3 is 0.328 bits per heavy atom. The van der Waals surface area contributed by atoms with E-state index in [0.29, 0.717) is 0 Å². The Kier molecular flexibility index (Phi) is 24.5. The topological polar surface area (TPSA) is 326 Å². The van der Waals surface area contributed by atoms with E-state index in [9.17, 15) is 50.5 Å². The molecule has 0 atom stereocenters. The standard InChI is InChI=1S/6C6H6O3S.Na/c6*7-10(8,9)6-4-2-1-3-5-6;/h6*1-5H,(H,7,8,9);. The molecule has 18 nitrogen and oxygen atoms in total. The molecule has 0 saturated carbocycles. The van der Waals surface area contributed by atoms with E-state index in [2.05, 4.69) is 0 Å². The molecule has 61 heavy (non-hydrogen) atoms. The van der Waals surface area contributed by atoms with Gasteiger partial charge >= 0.3 is 0 Å². The van der Waals surface area contributed by atoms with Crippen LogP contribution in [0.15, 0.2) is 211 Å². The first-order valence-corrected chi connectivity index (χ1v) is 24.4. The molecular formula is C36H36NaO18S6. The zero-order valence-corrected chi connectivity index (χ0v) is 38.3. The second kappa shape index (κ2) is 26.3. The number of hydrogen-bond donors (Lipinski definition) is 6. The fourth-order valence-electron chi connectivity index (χ4n) is 3.55. The van der Waals surface area contributed by atoms with Crippen molar-refractivity contribution in [2.45, 2.75) is 29.4 Å². The first-order chi connectivity index (χ1) is 27.6. The molecule has 6 aromatic rings. The van der Waals surface area contributed by atoms with Crippen molar-refractivity contribution in [3.8, 4) is 0 Å². The van der Waals surface area contributed by atoms with Crippen molar-refractivity contribution in [2.24, 2.45) is 0 Å². The molecule has 0 unspecified atom stereocenters. The summed E-state index contributed by atoms with van der Waals surface area (Å²) in [7, 11) is -24.0. The van der Waals surface area contributed by atoms with Crippen LogP contribution in [0.2, 0.25) is 0 Å². The van der Waals surface area contributed by atoms with Crippen LogP contribution in [-0.4, -0.2) is 107 Å². The zero-order chi connectivity index (χ0) is 45.7. The van der Waals surface area contributed by atoms with Gasteiger partial charge in [-0.1, -0.05) is 109 Å². The Morgan fingerprint density at radius 1 is 0.197 bits per heavy atom. The smallest absolute Gasteiger partial charge is 0.282 e. The molecule has 1 radical (unpaired) electrons. The summed E-state index contributed by atoms with van der Waals surface area (Å²) in [6.45, 7) is 0. The SMILES string of the molecule is O=S(=O)(O)c1ccccc1.O=S(=O)(O)c1ccccc1.O=S(=O)(O)c1ccccc1.O=S(=O)(O)c1ccccc1.O=S(=O)(O)c1ccccc1.O=S(=O)(O)c1ccccc1.[Na]. The molecule has 6 rings (SSSR count). The average Bonchev–Trinajstić information content (AvgIpc) is 3.19. The van der Waals surface area contributed by atoms with Crippen LogP contribution in [0.1, 0.15) is 0 Å². The molecule has 6 N–H and O–H groups in total. The van der Waals surface area contributed by atoms with Gasteiger partial charge < -0.3 is 0 Å². The molecule has 6 aromatic carbocycles. The molecule has 0 aliphatic heterocycles. The molecule has 0 amide bonds.